The second-order valence-electron chi connectivity index (χ2n) is 4.69. The van der Waals surface area contributed by atoms with Crippen LogP contribution in [0.1, 0.15) is 37.6 Å². The van der Waals surface area contributed by atoms with E-state index in [1.54, 1.807) is 13.0 Å². The summed E-state index contributed by atoms with van der Waals surface area (Å²) in [5, 5.41) is 3.19. The molecule has 1 aromatic heterocycles. The Morgan fingerprint density at radius 2 is 2.10 bits per heavy atom. The van der Waals surface area contributed by atoms with Crippen LogP contribution in [0.25, 0.3) is 0 Å². The molecule has 0 amide bonds. The molecule has 0 saturated heterocycles. The SMILES string of the molecule is CCOC(=O)c1cc(N)cnc1NCCCN(CC)CC. The van der Waals surface area contributed by atoms with Crippen LogP contribution in [-0.4, -0.2) is 48.6 Å². The molecule has 21 heavy (non-hydrogen) atoms. The minimum absolute atomic E-state index is 0.328. The molecule has 1 aromatic rings. The number of esters is 1. The van der Waals surface area contributed by atoms with Crippen LogP contribution in [-0.2, 0) is 4.74 Å². The Bertz CT molecular complexity index is 447. The van der Waals surface area contributed by atoms with E-state index in [4.69, 9.17) is 10.5 Å². The van der Waals surface area contributed by atoms with Gasteiger partial charge >= 0.3 is 5.97 Å². The van der Waals surface area contributed by atoms with Gasteiger partial charge in [0.1, 0.15) is 11.4 Å². The van der Waals surface area contributed by atoms with Gasteiger partial charge in [-0.15, -0.1) is 0 Å². The Morgan fingerprint density at radius 3 is 2.71 bits per heavy atom. The summed E-state index contributed by atoms with van der Waals surface area (Å²) in [6.45, 7) is 10.3. The van der Waals surface area contributed by atoms with Gasteiger partial charge in [0.05, 0.1) is 18.5 Å². The number of nitrogens with one attached hydrogen (secondary N) is 1. The van der Waals surface area contributed by atoms with Gasteiger partial charge in [0, 0.05) is 6.54 Å². The highest BCUT2D eigenvalue weighted by atomic mass is 16.5. The Labute approximate surface area is 126 Å². The lowest BCUT2D eigenvalue weighted by Gasteiger charge is -2.18. The molecule has 0 aliphatic carbocycles. The number of hydrogen-bond donors (Lipinski definition) is 2. The minimum Gasteiger partial charge on any atom is -0.462 e. The Morgan fingerprint density at radius 1 is 1.38 bits per heavy atom. The molecule has 6 nitrogen and oxygen atoms in total. The average molecular weight is 294 g/mol. The highest BCUT2D eigenvalue weighted by Gasteiger charge is 2.14. The number of nitrogen functional groups attached to an aromatic ring is 1. The lowest BCUT2D eigenvalue weighted by molar-refractivity contribution is 0.0527. The average Bonchev–Trinajstić information content (AvgIpc) is 2.49. The number of hydrogen-bond acceptors (Lipinski definition) is 6. The van der Waals surface area contributed by atoms with Crippen LogP contribution in [0.3, 0.4) is 0 Å². The van der Waals surface area contributed by atoms with Gasteiger partial charge in [-0.25, -0.2) is 9.78 Å². The standard InChI is InChI=1S/C15H26N4O2/c1-4-19(5-2)9-7-8-17-14-13(15(20)21-6-3)10-12(16)11-18-14/h10-11H,4-9,16H2,1-3H3,(H,17,18). The fourth-order valence-electron chi connectivity index (χ4n) is 2.04. The highest BCUT2D eigenvalue weighted by Crippen LogP contribution is 2.16. The Kier molecular flexibility index (Phi) is 7.53. The lowest BCUT2D eigenvalue weighted by Crippen LogP contribution is -2.25. The third kappa shape index (κ3) is 5.59. The van der Waals surface area contributed by atoms with Gasteiger partial charge in [-0.1, -0.05) is 13.8 Å². The molecule has 3 N–H and O–H groups in total. The molecule has 0 radical (unpaired) electrons. The topological polar surface area (TPSA) is 80.5 Å². The van der Waals surface area contributed by atoms with Crippen molar-refractivity contribution in [2.45, 2.75) is 27.2 Å². The lowest BCUT2D eigenvalue weighted by atomic mass is 10.2. The second-order valence-corrected chi connectivity index (χ2v) is 4.69. The van der Waals surface area contributed by atoms with E-state index in [9.17, 15) is 4.79 Å². The summed E-state index contributed by atoms with van der Waals surface area (Å²) in [7, 11) is 0. The molecule has 0 bridgehead atoms. The molecule has 0 spiro atoms. The summed E-state index contributed by atoms with van der Waals surface area (Å²) < 4.78 is 5.02. The predicted molar refractivity (Wildman–Crippen MR) is 85.5 cm³/mol. The number of ether oxygens (including phenoxy) is 1. The van der Waals surface area contributed by atoms with Gasteiger partial charge in [0.2, 0.25) is 0 Å². The van der Waals surface area contributed by atoms with E-state index in [1.807, 2.05) is 0 Å². The first-order chi connectivity index (χ1) is 10.1. The van der Waals surface area contributed by atoms with E-state index in [2.05, 4.69) is 29.0 Å². The van der Waals surface area contributed by atoms with Crippen molar-refractivity contribution in [1.29, 1.82) is 0 Å². The van der Waals surface area contributed by atoms with Crippen molar-refractivity contribution in [1.82, 2.24) is 9.88 Å². The van der Waals surface area contributed by atoms with E-state index < -0.39 is 5.97 Å². The number of pyridine rings is 1. The molecule has 0 unspecified atom stereocenters. The number of nitrogens with zero attached hydrogens (tertiary/aromatic N) is 2. The maximum Gasteiger partial charge on any atom is 0.341 e. The molecule has 0 fully saturated rings. The minimum atomic E-state index is -0.399. The highest BCUT2D eigenvalue weighted by molar-refractivity contribution is 5.95. The number of nitrogens with two attached hydrogens (primary N) is 1. The fraction of sp³-hybridized carbons (Fsp3) is 0.600. The van der Waals surface area contributed by atoms with Crippen LogP contribution < -0.4 is 11.1 Å². The molecule has 0 aliphatic heterocycles. The predicted octanol–water partition coefficient (Wildman–Crippen LogP) is 1.98. The zero-order valence-corrected chi connectivity index (χ0v) is 13.2. The van der Waals surface area contributed by atoms with Crippen molar-refractivity contribution in [2.24, 2.45) is 0 Å². The van der Waals surface area contributed by atoms with Crippen molar-refractivity contribution in [2.75, 3.05) is 43.8 Å². The normalized spacial score (nSPS) is 10.7. The van der Waals surface area contributed by atoms with E-state index in [0.29, 0.717) is 23.7 Å². The number of aromatic nitrogens is 1. The van der Waals surface area contributed by atoms with Gasteiger partial charge in [0.25, 0.3) is 0 Å². The first-order valence-corrected chi connectivity index (χ1v) is 7.51. The summed E-state index contributed by atoms with van der Waals surface area (Å²) in [5.41, 5.74) is 6.53. The largest absolute Gasteiger partial charge is 0.462 e. The maximum atomic E-state index is 11.9. The van der Waals surface area contributed by atoms with Gasteiger partial charge in [0.15, 0.2) is 0 Å². The van der Waals surface area contributed by atoms with Crippen molar-refractivity contribution in [3.05, 3.63) is 17.8 Å². The van der Waals surface area contributed by atoms with Crippen LogP contribution in [0.2, 0.25) is 0 Å². The van der Waals surface area contributed by atoms with Crippen LogP contribution >= 0.6 is 0 Å². The molecule has 118 valence electrons. The van der Waals surface area contributed by atoms with Crippen molar-refractivity contribution < 1.29 is 9.53 Å². The van der Waals surface area contributed by atoms with E-state index >= 15 is 0 Å². The Hall–Kier alpha value is -1.82. The number of carbonyl (C=O) groups excluding carboxylic acids is 1. The van der Waals surface area contributed by atoms with Crippen LogP contribution in [0.5, 0.6) is 0 Å². The molecule has 1 rings (SSSR count). The number of rotatable bonds is 9. The zero-order chi connectivity index (χ0) is 15.7. The summed E-state index contributed by atoms with van der Waals surface area (Å²) in [6.07, 6.45) is 2.52. The number of carbonyl (C=O) groups is 1. The molecular weight excluding hydrogens is 268 g/mol. The first kappa shape index (κ1) is 17.2. The van der Waals surface area contributed by atoms with Gasteiger partial charge in [-0.05, 0) is 39.0 Å². The summed E-state index contributed by atoms with van der Waals surface area (Å²) in [5.74, 6) is 0.130. The third-order valence-electron chi connectivity index (χ3n) is 3.24. The monoisotopic (exact) mass is 294 g/mol. The molecule has 6 heteroatoms. The summed E-state index contributed by atoms with van der Waals surface area (Å²) >= 11 is 0. The van der Waals surface area contributed by atoms with Gasteiger partial charge in [-0.2, -0.15) is 0 Å². The van der Waals surface area contributed by atoms with Gasteiger partial charge < -0.3 is 20.7 Å². The molecule has 0 aliphatic rings. The number of anilines is 2. The summed E-state index contributed by atoms with van der Waals surface area (Å²) in [6, 6.07) is 1.59. The first-order valence-electron chi connectivity index (χ1n) is 7.51. The van der Waals surface area contributed by atoms with Crippen molar-refractivity contribution >= 4 is 17.5 Å². The van der Waals surface area contributed by atoms with E-state index in [1.165, 1.54) is 6.20 Å². The molecule has 1 heterocycles. The zero-order valence-electron chi connectivity index (χ0n) is 13.2. The Balaban J connectivity index is 2.60. The van der Waals surface area contributed by atoms with Crippen molar-refractivity contribution in [3.63, 3.8) is 0 Å². The van der Waals surface area contributed by atoms with E-state index in [0.717, 1.165) is 32.6 Å². The summed E-state index contributed by atoms with van der Waals surface area (Å²) in [4.78, 5) is 18.4. The van der Waals surface area contributed by atoms with E-state index in [-0.39, 0.29) is 0 Å². The molecule has 0 atom stereocenters. The third-order valence-corrected chi connectivity index (χ3v) is 3.24. The smallest absolute Gasteiger partial charge is 0.341 e. The second kappa shape index (κ2) is 9.18. The molecular formula is C15H26N4O2. The fourth-order valence-corrected chi connectivity index (χ4v) is 2.04. The van der Waals surface area contributed by atoms with Gasteiger partial charge in [-0.3, -0.25) is 0 Å². The van der Waals surface area contributed by atoms with Crippen LogP contribution in [0.4, 0.5) is 11.5 Å². The van der Waals surface area contributed by atoms with Crippen LogP contribution in [0.15, 0.2) is 12.3 Å². The van der Waals surface area contributed by atoms with Crippen molar-refractivity contribution in [3.8, 4) is 0 Å². The maximum absolute atomic E-state index is 11.9. The van der Waals surface area contributed by atoms with Crippen LogP contribution in [0, 0.1) is 0 Å². The molecule has 0 saturated carbocycles. The quantitative estimate of drug-likeness (QED) is 0.535. The molecule has 0 aromatic carbocycles.